The number of nitrogens with one attached hydrogen (secondary N) is 2. The van der Waals surface area contributed by atoms with Crippen LogP contribution >= 0.6 is 0 Å². The number of carbonyl (C=O) groups excluding carboxylic acids is 1. The number of rotatable bonds is 7. The van der Waals surface area contributed by atoms with Crippen LogP contribution in [-0.2, 0) is 13.1 Å². The van der Waals surface area contributed by atoms with Crippen LogP contribution in [0, 0.1) is 0 Å². The van der Waals surface area contributed by atoms with E-state index in [9.17, 15) is 4.79 Å². The molecule has 0 saturated heterocycles. The lowest BCUT2D eigenvalue weighted by atomic mass is 10.2. The Bertz CT molecular complexity index is 578. The predicted molar refractivity (Wildman–Crippen MR) is 81.1 cm³/mol. The molecule has 0 bridgehead atoms. The first-order valence-electron chi connectivity index (χ1n) is 6.97. The second-order valence-corrected chi connectivity index (χ2v) is 4.63. The second-order valence-electron chi connectivity index (χ2n) is 4.63. The summed E-state index contributed by atoms with van der Waals surface area (Å²) in [5.41, 5.74) is 2.63. The molecule has 1 amide bonds. The molecule has 2 rings (SSSR count). The van der Waals surface area contributed by atoms with Gasteiger partial charge >= 0.3 is 0 Å². The summed E-state index contributed by atoms with van der Waals surface area (Å²) in [6, 6.07) is 7.34. The molecule has 0 saturated carbocycles. The van der Waals surface area contributed by atoms with Crippen LogP contribution in [0.25, 0.3) is 0 Å². The first-order chi connectivity index (χ1) is 10.2. The van der Waals surface area contributed by atoms with Crippen LogP contribution in [-0.4, -0.2) is 33.9 Å². The molecule has 1 aromatic heterocycles. The summed E-state index contributed by atoms with van der Waals surface area (Å²) in [4.78, 5) is 11.6. The highest BCUT2D eigenvalue weighted by molar-refractivity contribution is 5.94. The van der Waals surface area contributed by atoms with Gasteiger partial charge in [-0.15, -0.1) is 0 Å². The number of nitrogens with zero attached hydrogens (tertiary/aromatic N) is 2. The maximum Gasteiger partial charge on any atom is 0.251 e. The fourth-order valence-corrected chi connectivity index (χ4v) is 1.93. The standard InChI is InChI=1S/C15H20N4O2/c1-2-16-15(21)13-3-5-14(6-4-13)17-9-12-10-18-19(11-12)7-8-20/h3-6,10-11,17,20H,2,7-9H2,1H3,(H,16,21). The summed E-state index contributed by atoms with van der Waals surface area (Å²) in [5.74, 6) is -0.0608. The molecular formula is C15H20N4O2. The van der Waals surface area contributed by atoms with E-state index >= 15 is 0 Å². The van der Waals surface area contributed by atoms with E-state index in [4.69, 9.17) is 5.11 Å². The fourth-order valence-electron chi connectivity index (χ4n) is 1.93. The number of hydrogen-bond acceptors (Lipinski definition) is 4. The van der Waals surface area contributed by atoms with Crippen molar-refractivity contribution in [1.82, 2.24) is 15.1 Å². The molecule has 0 aliphatic rings. The summed E-state index contributed by atoms with van der Waals surface area (Å²) in [6.07, 6.45) is 3.66. The molecule has 2 aromatic rings. The molecule has 21 heavy (non-hydrogen) atoms. The summed E-state index contributed by atoms with van der Waals surface area (Å²) >= 11 is 0. The largest absolute Gasteiger partial charge is 0.394 e. The lowest BCUT2D eigenvalue weighted by molar-refractivity contribution is 0.0956. The average molecular weight is 288 g/mol. The number of amides is 1. The van der Waals surface area contributed by atoms with Gasteiger partial charge in [0.2, 0.25) is 0 Å². The molecule has 112 valence electrons. The SMILES string of the molecule is CCNC(=O)c1ccc(NCc2cnn(CCO)c2)cc1. The minimum atomic E-state index is -0.0608. The molecule has 0 unspecified atom stereocenters. The van der Waals surface area contributed by atoms with Gasteiger partial charge in [0.25, 0.3) is 5.91 Å². The summed E-state index contributed by atoms with van der Waals surface area (Å²) in [7, 11) is 0. The number of carbonyl (C=O) groups is 1. The van der Waals surface area contributed by atoms with Gasteiger partial charge in [0.1, 0.15) is 0 Å². The van der Waals surface area contributed by atoms with E-state index in [2.05, 4.69) is 15.7 Å². The van der Waals surface area contributed by atoms with Gasteiger partial charge < -0.3 is 15.7 Å². The number of aliphatic hydroxyl groups excluding tert-OH is 1. The second kappa shape index (κ2) is 7.44. The number of aromatic nitrogens is 2. The minimum Gasteiger partial charge on any atom is -0.394 e. The molecule has 6 heteroatoms. The highest BCUT2D eigenvalue weighted by Crippen LogP contribution is 2.11. The Morgan fingerprint density at radius 3 is 2.76 bits per heavy atom. The van der Waals surface area contributed by atoms with Gasteiger partial charge in [-0.05, 0) is 31.2 Å². The molecule has 6 nitrogen and oxygen atoms in total. The van der Waals surface area contributed by atoms with Crippen LogP contribution in [0.1, 0.15) is 22.8 Å². The summed E-state index contributed by atoms with van der Waals surface area (Å²) in [6.45, 7) is 3.74. The number of hydrogen-bond donors (Lipinski definition) is 3. The van der Waals surface area contributed by atoms with Crippen LogP contribution < -0.4 is 10.6 Å². The van der Waals surface area contributed by atoms with Crippen molar-refractivity contribution in [2.24, 2.45) is 0 Å². The smallest absolute Gasteiger partial charge is 0.251 e. The van der Waals surface area contributed by atoms with Crippen LogP contribution in [0.5, 0.6) is 0 Å². The van der Waals surface area contributed by atoms with Gasteiger partial charge in [-0.2, -0.15) is 5.10 Å². The lowest BCUT2D eigenvalue weighted by Gasteiger charge is -2.06. The maximum atomic E-state index is 11.6. The van der Waals surface area contributed by atoms with E-state index in [1.54, 1.807) is 23.0 Å². The molecule has 0 fully saturated rings. The van der Waals surface area contributed by atoms with E-state index in [-0.39, 0.29) is 12.5 Å². The molecule has 0 aliphatic heterocycles. The summed E-state index contributed by atoms with van der Waals surface area (Å²) < 4.78 is 1.70. The van der Waals surface area contributed by atoms with E-state index in [0.717, 1.165) is 11.3 Å². The molecule has 0 aliphatic carbocycles. The quantitative estimate of drug-likeness (QED) is 0.716. The Labute approximate surface area is 123 Å². The van der Waals surface area contributed by atoms with Gasteiger partial charge in [-0.3, -0.25) is 9.48 Å². The number of aliphatic hydroxyl groups is 1. The normalized spacial score (nSPS) is 10.4. The van der Waals surface area contributed by atoms with E-state index < -0.39 is 0 Å². The molecule has 1 heterocycles. The predicted octanol–water partition coefficient (Wildman–Crippen LogP) is 1.24. The average Bonchev–Trinajstić information content (AvgIpc) is 2.94. The molecule has 0 radical (unpaired) electrons. The monoisotopic (exact) mass is 288 g/mol. The van der Waals surface area contributed by atoms with Crippen molar-refractivity contribution in [2.75, 3.05) is 18.5 Å². The van der Waals surface area contributed by atoms with Crippen LogP contribution in [0.3, 0.4) is 0 Å². The molecule has 0 atom stereocenters. The Morgan fingerprint density at radius 1 is 1.33 bits per heavy atom. The van der Waals surface area contributed by atoms with E-state index in [1.807, 2.05) is 25.3 Å². The molecule has 1 aromatic carbocycles. The van der Waals surface area contributed by atoms with Gasteiger partial charge in [-0.1, -0.05) is 0 Å². The van der Waals surface area contributed by atoms with Crippen molar-refractivity contribution in [3.05, 3.63) is 47.8 Å². The van der Waals surface area contributed by atoms with Crippen molar-refractivity contribution in [2.45, 2.75) is 20.0 Å². The summed E-state index contributed by atoms with van der Waals surface area (Å²) in [5, 5.41) is 19.0. The van der Waals surface area contributed by atoms with Gasteiger partial charge in [0, 0.05) is 36.1 Å². The van der Waals surface area contributed by atoms with Gasteiger partial charge in [0.05, 0.1) is 19.3 Å². The number of anilines is 1. The maximum absolute atomic E-state index is 11.6. The molecular weight excluding hydrogens is 268 g/mol. The third kappa shape index (κ3) is 4.32. The van der Waals surface area contributed by atoms with E-state index in [0.29, 0.717) is 25.2 Å². The first kappa shape index (κ1) is 15.1. The van der Waals surface area contributed by atoms with Crippen LogP contribution in [0.2, 0.25) is 0 Å². The Kier molecular flexibility index (Phi) is 5.34. The van der Waals surface area contributed by atoms with Crippen LogP contribution in [0.4, 0.5) is 5.69 Å². The Morgan fingerprint density at radius 2 is 2.10 bits per heavy atom. The van der Waals surface area contributed by atoms with Crippen molar-refractivity contribution >= 4 is 11.6 Å². The zero-order chi connectivity index (χ0) is 15.1. The van der Waals surface area contributed by atoms with Crippen LogP contribution in [0.15, 0.2) is 36.7 Å². The van der Waals surface area contributed by atoms with Gasteiger partial charge in [0.15, 0.2) is 0 Å². The topological polar surface area (TPSA) is 79.2 Å². The minimum absolute atomic E-state index is 0.0608. The zero-order valence-electron chi connectivity index (χ0n) is 12.0. The highest BCUT2D eigenvalue weighted by atomic mass is 16.3. The Hall–Kier alpha value is -2.34. The van der Waals surface area contributed by atoms with Crippen molar-refractivity contribution in [3.8, 4) is 0 Å². The van der Waals surface area contributed by atoms with Crippen molar-refractivity contribution < 1.29 is 9.90 Å². The third-order valence-electron chi connectivity index (χ3n) is 3.00. The molecule has 0 spiro atoms. The van der Waals surface area contributed by atoms with Crippen molar-refractivity contribution in [1.29, 1.82) is 0 Å². The van der Waals surface area contributed by atoms with E-state index in [1.165, 1.54) is 0 Å². The lowest BCUT2D eigenvalue weighted by Crippen LogP contribution is -2.22. The fraction of sp³-hybridized carbons (Fsp3) is 0.333. The highest BCUT2D eigenvalue weighted by Gasteiger charge is 2.03. The Balaban J connectivity index is 1.89. The van der Waals surface area contributed by atoms with Crippen molar-refractivity contribution in [3.63, 3.8) is 0 Å². The molecule has 3 N–H and O–H groups in total. The van der Waals surface area contributed by atoms with Gasteiger partial charge in [-0.25, -0.2) is 0 Å². The first-order valence-corrected chi connectivity index (χ1v) is 6.97. The zero-order valence-corrected chi connectivity index (χ0v) is 12.0. The third-order valence-corrected chi connectivity index (χ3v) is 3.00. The number of benzene rings is 1.